The molecule has 1 aromatic heterocycles. The molecule has 0 saturated carbocycles. The summed E-state index contributed by atoms with van der Waals surface area (Å²) < 4.78 is 16.1. The second-order valence-corrected chi connectivity index (χ2v) is 9.13. The molecule has 0 spiro atoms. The lowest BCUT2D eigenvalue weighted by atomic mass is 9.99. The molecule has 3 amide bonds. The molecule has 2 heterocycles. The van der Waals surface area contributed by atoms with Crippen LogP contribution in [0.5, 0.6) is 0 Å². The predicted molar refractivity (Wildman–Crippen MR) is 133 cm³/mol. The molecule has 1 aliphatic rings. The Bertz CT molecular complexity index is 1150. The van der Waals surface area contributed by atoms with Gasteiger partial charge in [-0.1, -0.05) is 19.1 Å². The second-order valence-electron chi connectivity index (χ2n) is 8.25. The number of halogens is 1. The van der Waals surface area contributed by atoms with E-state index in [9.17, 15) is 14.0 Å². The molecule has 8 heteroatoms. The Labute approximate surface area is 203 Å². The van der Waals surface area contributed by atoms with Gasteiger partial charge in [-0.05, 0) is 66.8 Å². The molecular formula is C26H29FN4O2S. The number of benzene rings is 2. The van der Waals surface area contributed by atoms with Crippen molar-refractivity contribution in [2.24, 2.45) is 0 Å². The normalized spacial score (nSPS) is 15.0. The highest BCUT2D eigenvalue weighted by atomic mass is 32.2. The fourth-order valence-electron chi connectivity index (χ4n) is 4.33. The highest BCUT2D eigenvalue weighted by Gasteiger charge is 2.33. The molecule has 34 heavy (non-hydrogen) atoms. The van der Waals surface area contributed by atoms with Crippen LogP contribution in [0.25, 0.3) is 0 Å². The number of urea groups is 1. The van der Waals surface area contributed by atoms with Crippen LogP contribution >= 0.6 is 11.8 Å². The van der Waals surface area contributed by atoms with Gasteiger partial charge >= 0.3 is 6.03 Å². The average molecular weight is 481 g/mol. The SMILES string of the molecule is CCCN(CC(=O)N1CCn2cccc2C1c1cccc(F)c1)C(=O)Nc1ccc(SC)cc1. The Hall–Kier alpha value is -3.26. The van der Waals surface area contributed by atoms with E-state index < -0.39 is 6.04 Å². The van der Waals surface area contributed by atoms with Crippen LogP contribution in [-0.4, -0.2) is 52.2 Å². The number of carbonyl (C=O) groups excluding carboxylic acids is 2. The van der Waals surface area contributed by atoms with Gasteiger partial charge in [0.2, 0.25) is 5.91 Å². The molecule has 2 aromatic carbocycles. The number of nitrogens with one attached hydrogen (secondary N) is 1. The van der Waals surface area contributed by atoms with Gasteiger partial charge in [0.05, 0.1) is 6.04 Å². The number of amides is 3. The molecule has 4 rings (SSSR count). The zero-order valence-corrected chi connectivity index (χ0v) is 20.2. The Morgan fingerprint density at radius 3 is 2.62 bits per heavy atom. The molecule has 0 saturated heterocycles. The van der Waals surface area contributed by atoms with Crippen molar-refractivity contribution in [1.82, 2.24) is 14.4 Å². The maximum absolute atomic E-state index is 14.1. The second kappa shape index (κ2) is 10.8. The summed E-state index contributed by atoms with van der Waals surface area (Å²) in [4.78, 5) is 30.9. The van der Waals surface area contributed by atoms with E-state index in [1.807, 2.05) is 61.8 Å². The maximum atomic E-state index is 14.1. The van der Waals surface area contributed by atoms with Gasteiger partial charge in [-0.25, -0.2) is 9.18 Å². The topological polar surface area (TPSA) is 57.6 Å². The van der Waals surface area contributed by atoms with E-state index in [1.54, 1.807) is 27.6 Å². The summed E-state index contributed by atoms with van der Waals surface area (Å²) in [6.45, 7) is 3.52. The first-order chi connectivity index (χ1) is 16.5. The number of fused-ring (bicyclic) bond motifs is 1. The Kier molecular flexibility index (Phi) is 7.57. The number of nitrogens with zero attached hydrogens (tertiary/aromatic N) is 3. The van der Waals surface area contributed by atoms with Gasteiger partial charge in [0, 0.05) is 42.1 Å². The fourth-order valence-corrected chi connectivity index (χ4v) is 4.74. The van der Waals surface area contributed by atoms with Gasteiger partial charge in [-0.3, -0.25) is 4.79 Å². The summed E-state index contributed by atoms with van der Waals surface area (Å²) in [6.07, 6.45) is 4.70. The summed E-state index contributed by atoms with van der Waals surface area (Å²) in [5, 5.41) is 2.90. The van der Waals surface area contributed by atoms with Crippen molar-refractivity contribution in [3.8, 4) is 0 Å². The lowest BCUT2D eigenvalue weighted by Gasteiger charge is -2.38. The largest absolute Gasteiger partial charge is 0.348 e. The standard InChI is InChI=1S/C26H29FN4O2S/c1-3-13-30(26(33)28-21-9-11-22(34-2)12-10-21)18-24(32)31-16-15-29-14-5-8-23(29)25(31)19-6-4-7-20(27)17-19/h4-12,14,17,25H,3,13,15-16,18H2,1-2H3,(H,28,33). The molecule has 1 atom stereocenters. The molecule has 0 radical (unpaired) electrons. The molecule has 1 aliphatic heterocycles. The third-order valence-electron chi connectivity index (χ3n) is 5.97. The van der Waals surface area contributed by atoms with Crippen LogP contribution in [0, 0.1) is 5.82 Å². The first-order valence-electron chi connectivity index (χ1n) is 11.4. The lowest BCUT2D eigenvalue weighted by molar-refractivity contribution is -0.134. The molecule has 178 valence electrons. The Morgan fingerprint density at radius 1 is 1.12 bits per heavy atom. The van der Waals surface area contributed by atoms with Crippen LogP contribution in [-0.2, 0) is 11.3 Å². The number of carbonyl (C=O) groups is 2. The maximum Gasteiger partial charge on any atom is 0.322 e. The van der Waals surface area contributed by atoms with Gasteiger partial charge in [-0.2, -0.15) is 0 Å². The minimum Gasteiger partial charge on any atom is -0.348 e. The van der Waals surface area contributed by atoms with Crippen molar-refractivity contribution in [2.75, 3.05) is 31.2 Å². The molecule has 1 unspecified atom stereocenters. The number of rotatable bonds is 7. The fraction of sp³-hybridized carbons (Fsp3) is 0.308. The van der Waals surface area contributed by atoms with Crippen molar-refractivity contribution < 1.29 is 14.0 Å². The monoisotopic (exact) mass is 480 g/mol. The zero-order valence-electron chi connectivity index (χ0n) is 19.4. The van der Waals surface area contributed by atoms with E-state index in [4.69, 9.17) is 0 Å². The number of aromatic nitrogens is 1. The summed E-state index contributed by atoms with van der Waals surface area (Å²) in [7, 11) is 0. The van der Waals surface area contributed by atoms with Crippen molar-refractivity contribution in [1.29, 1.82) is 0 Å². The average Bonchev–Trinajstić information content (AvgIpc) is 3.32. The van der Waals surface area contributed by atoms with Crippen LogP contribution < -0.4 is 5.32 Å². The van der Waals surface area contributed by atoms with Crippen LogP contribution in [0.4, 0.5) is 14.9 Å². The molecule has 0 fully saturated rings. The van der Waals surface area contributed by atoms with Gasteiger partial charge < -0.3 is 19.7 Å². The Balaban J connectivity index is 1.53. The third-order valence-corrected chi connectivity index (χ3v) is 6.71. The molecule has 1 N–H and O–H groups in total. The zero-order chi connectivity index (χ0) is 24.1. The quantitative estimate of drug-likeness (QED) is 0.472. The van der Waals surface area contributed by atoms with Crippen molar-refractivity contribution in [3.05, 3.63) is 83.9 Å². The van der Waals surface area contributed by atoms with Crippen molar-refractivity contribution >= 4 is 29.4 Å². The van der Waals surface area contributed by atoms with E-state index in [-0.39, 0.29) is 24.3 Å². The van der Waals surface area contributed by atoms with E-state index >= 15 is 0 Å². The molecular weight excluding hydrogens is 451 g/mol. The van der Waals surface area contributed by atoms with Crippen molar-refractivity contribution in [2.45, 2.75) is 30.8 Å². The Morgan fingerprint density at radius 2 is 1.91 bits per heavy atom. The van der Waals surface area contributed by atoms with Crippen LogP contribution in [0.2, 0.25) is 0 Å². The number of anilines is 1. The number of hydrogen-bond acceptors (Lipinski definition) is 3. The highest BCUT2D eigenvalue weighted by Crippen LogP contribution is 2.33. The van der Waals surface area contributed by atoms with E-state index in [1.165, 1.54) is 12.1 Å². The van der Waals surface area contributed by atoms with Crippen LogP contribution in [0.3, 0.4) is 0 Å². The molecule has 0 bridgehead atoms. The summed E-state index contributed by atoms with van der Waals surface area (Å²) >= 11 is 1.63. The van der Waals surface area contributed by atoms with Crippen molar-refractivity contribution in [3.63, 3.8) is 0 Å². The van der Waals surface area contributed by atoms with Crippen LogP contribution in [0.1, 0.15) is 30.6 Å². The van der Waals surface area contributed by atoms with Gasteiger partial charge in [-0.15, -0.1) is 11.8 Å². The number of thioether (sulfide) groups is 1. The van der Waals surface area contributed by atoms with Crippen LogP contribution in [0.15, 0.2) is 71.8 Å². The lowest BCUT2D eigenvalue weighted by Crippen LogP contribution is -2.48. The minimum absolute atomic E-state index is 0.0465. The van der Waals surface area contributed by atoms with Gasteiger partial charge in [0.1, 0.15) is 12.4 Å². The predicted octanol–water partition coefficient (Wildman–Crippen LogP) is 5.22. The summed E-state index contributed by atoms with van der Waals surface area (Å²) in [6, 6.07) is 17.2. The first-order valence-corrected chi connectivity index (χ1v) is 12.6. The summed E-state index contributed by atoms with van der Waals surface area (Å²) in [5.74, 6) is -0.504. The van der Waals surface area contributed by atoms with E-state index in [2.05, 4.69) is 9.88 Å². The van der Waals surface area contributed by atoms with Gasteiger partial charge in [0.25, 0.3) is 0 Å². The highest BCUT2D eigenvalue weighted by molar-refractivity contribution is 7.98. The minimum atomic E-state index is -0.405. The number of hydrogen-bond donors (Lipinski definition) is 1. The molecule has 3 aromatic rings. The summed E-state index contributed by atoms with van der Waals surface area (Å²) in [5.41, 5.74) is 2.34. The first kappa shape index (κ1) is 23.9. The molecule has 0 aliphatic carbocycles. The van der Waals surface area contributed by atoms with E-state index in [0.29, 0.717) is 30.9 Å². The molecule has 6 nitrogen and oxygen atoms in total. The van der Waals surface area contributed by atoms with E-state index in [0.717, 1.165) is 17.0 Å². The smallest absolute Gasteiger partial charge is 0.322 e. The van der Waals surface area contributed by atoms with Gasteiger partial charge in [0.15, 0.2) is 0 Å². The third kappa shape index (κ3) is 5.28.